The molecule has 1 saturated heterocycles. The van der Waals surface area contributed by atoms with Crippen LogP contribution in [0, 0.1) is 0 Å². The highest BCUT2D eigenvalue weighted by molar-refractivity contribution is 9.09. The van der Waals surface area contributed by atoms with Gasteiger partial charge in [0.2, 0.25) is 0 Å². The molecule has 2 fully saturated rings. The SMILES string of the molecule is BrCCN(CCC1CCCO1)C1CCC1. The molecule has 2 aliphatic rings. The Labute approximate surface area is 101 Å². The van der Waals surface area contributed by atoms with Crippen LogP contribution in [-0.2, 0) is 4.74 Å². The van der Waals surface area contributed by atoms with Crippen molar-refractivity contribution in [2.24, 2.45) is 0 Å². The van der Waals surface area contributed by atoms with E-state index in [1.165, 1.54) is 51.6 Å². The molecule has 0 radical (unpaired) electrons. The molecule has 88 valence electrons. The fraction of sp³-hybridized carbons (Fsp3) is 1.00. The molecule has 1 aliphatic carbocycles. The molecule has 0 spiro atoms. The van der Waals surface area contributed by atoms with Gasteiger partial charge in [0.25, 0.3) is 0 Å². The minimum atomic E-state index is 0.558. The zero-order chi connectivity index (χ0) is 10.5. The van der Waals surface area contributed by atoms with Crippen LogP contribution in [-0.4, -0.2) is 42.1 Å². The highest BCUT2D eigenvalue weighted by Gasteiger charge is 2.25. The van der Waals surface area contributed by atoms with Crippen LogP contribution in [0.2, 0.25) is 0 Å². The van der Waals surface area contributed by atoms with Crippen molar-refractivity contribution >= 4 is 15.9 Å². The van der Waals surface area contributed by atoms with E-state index in [0.29, 0.717) is 6.10 Å². The minimum absolute atomic E-state index is 0.558. The molecule has 0 amide bonds. The number of hydrogen-bond acceptors (Lipinski definition) is 2. The first-order valence-electron chi connectivity index (χ1n) is 6.32. The van der Waals surface area contributed by atoms with Crippen LogP contribution in [0.5, 0.6) is 0 Å². The number of ether oxygens (including phenoxy) is 1. The average Bonchev–Trinajstić information content (AvgIpc) is 2.64. The fourth-order valence-electron chi connectivity index (χ4n) is 2.52. The Hall–Kier alpha value is 0.400. The number of alkyl halides is 1. The van der Waals surface area contributed by atoms with Crippen molar-refractivity contribution in [1.82, 2.24) is 4.90 Å². The maximum atomic E-state index is 5.67. The summed E-state index contributed by atoms with van der Waals surface area (Å²) >= 11 is 3.55. The summed E-state index contributed by atoms with van der Waals surface area (Å²) in [5, 5.41) is 1.11. The molecule has 1 atom stereocenters. The highest BCUT2D eigenvalue weighted by Crippen LogP contribution is 2.26. The lowest BCUT2D eigenvalue weighted by atomic mass is 9.91. The molecule has 3 heteroatoms. The van der Waals surface area contributed by atoms with E-state index in [0.717, 1.165) is 18.0 Å². The quantitative estimate of drug-likeness (QED) is 0.692. The first-order chi connectivity index (χ1) is 7.40. The Morgan fingerprint density at radius 1 is 1.13 bits per heavy atom. The van der Waals surface area contributed by atoms with Crippen molar-refractivity contribution in [3.8, 4) is 0 Å². The lowest BCUT2D eigenvalue weighted by Crippen LogP contribution is -2.42. The second-order valence-electron chi connectivity index (χ2n) is 4.73. The lowest BCUT2D eigenvalue weighted by Gasteiger charge is -2.37. The number of rotatable bonds is 6. The third-order valence-electron chi connectivity index (χ3n) is 3.73. The third kappa shape index (κ3) is 3.43. The fourth-order valence-corrected chi connectivity index (χ4v) is 2.97. The van der Waals surface area contributed by atoms with Gasteiger partial charge in [0.05, 0.1) is 6.10 Å². The van der Waals surface area contributed by atoms with Gasteiger partial charge in [-0.2, -0.15) is 0 Å². The summed E-state index contributed by atoms with van der Waals surface area (Å²) in [6.07, 6.45) is 8.62. The van der Waals surface area contributed by atoms with Crippen LogP contribution < -0.4 is 0 Å². The summed E-state index contributed by atoms with van der Waals surface area (Å²) < 4.78 is 5.67. The Balaban J connectivity index is 1.68. The molecule has 1 aliphatic heterocycles. The van der Waals surface area contributed by atoms with E-state index in [1.807, 2.05) is 0 Å². The van der Waals surface area contributed by atoms with Gasteiger partial charge in [0.15, 0.2) is 0 Å². The zero-order valence-corrected chi connectivity index (χ0v) is 11.0. The van der Waals surface area contributed by atoms with Crippen LogP contribution in [0.25, 0.3) is 0 Å². The number of nitrogens with zero attached hydrogens (tertiary/aromatic N) is 1. The molecule has 0 aromatic carbocycles. The van der Waals surface area contributed by atoms with Crippen LogP contribution in [0.3, 0.4) is 0 Å². The van der Waals surface area contributed by atoms with Gasteiger partial charge in [-0.1, -0.05) is 22.4 Å². The summed E-state index contributed by atoms with van der Waals surface area (Å²) in [6, 6.07) is 0.879. The Morgan fingerprint density at radius 3 is 2.53 bits per heavy atom. The standard InChI is InChI=1S/C12H22BrNO/c13-7-9-14(11-3-1-4-11)8-6-12-5-2-10-15-12/h11-12H,1-10H2. The summed E-state index contributed by atoms with van der Waals surface area (Å²) in [4.78, 5) is 2.65. The van der Waals surface area contributed by atoms with E-state index in [9.17, 15) is 0 Å². The molecular formula is C12H22BrNO. The predicted molar refractivity (Wildman–Crippen MR) is 66.6 cm³/mol. The normalized spacial score (nSPS) is 27.2. The molecule has 15 heavy (non-hydrogen) atoms. The molecule has 0 aromatic heterocycles. The van der Waals surface area contributed by atoms with Gasteiger partial charge in [-0.15, -0.1) is 0 Å². The molecule has 1 unspecified atom stereocenters. The summed E-state index contributed by atoms with van der Waals surface area (Å²) in [5.41, 5.74) is 0. The largest absolute Gasteiger partial charge is 0.378 e. The molecule has 1 saturated carbocycles. The average molecular weight is 276 g/mol. The van der Waals surface area contributed by atoms with Gasteiger partial charge in [-0.3, -0.25) is 4.90 Å². The Bertz CT molecular complexity index is 178. The van der Waals surface area contributed by atoms with Gasteiger partial charge < -0.3 is 4.74 Å². The summed E-state index contributed by atoms with van der Waals surface area (Å²) in [6.45, 7) is 3.44. The molecule has 2 nitrogen and oxygen atoms in total. The second kappa shape index (κ2) is 6.21. The van der Waals surface area contributed by atoms with Crippen LogP contribution in [0.1, 0.15) is 38.5 Å². The van der Waals surface area contributed by atoms with Crippen LogP contribution in [0.4, 0.5) is 0 Å². The maximum absolute atomic E-state index is 5.67. The van der Waals surface area contributed by atoms with Crippen molar-refractivity contribution < 1.29 is 4.74 Å². The first-order valence-corrected chi connectivity index (χ1v) is 7.44. The predicted octanol–water partition coefficient (Wildman–Crippen LogP) is 2.80. The van der Waals surface area contributed by atoms with E-state index in [4.69, 9.17) is 4.74 Å². The first kappa shape index (κ1) is 11.9. The van der Waals surface area contributed by atoms with Gasteiger partial charge in [-0.25, -0.2) is 0 Å². The molecule has 0 N–H and O–H groups in total. The number of halogens is 1. The van der Waals surface area contributed by atoms with E-state index >= 15 is 0 Å². The van der Waals surface area contributed by atoms with Gasteiger partial charge in [0.1, 0.15) is 0 Å². The van der Waals surface area contributed by atoms with Crippen molar-refractivity contribution in [1.29, 1.82) is 0 Å². The summed E-state index contributed by atoms with van der Waals surface area (Å²) in [7, 11) is 0. The zero-order valence-electron chi connectivity index (χ0n) is 9.46. The van der Waals surface area contributed by atoms with E-state index < -0.39 is 0 Å². The maximum Gasteiger partial charge on any atom is 0.0588 e. The van der Waals surface area contributed by atoms with E-state index in [2.05, 4.69) is 20.8 Å². The van der Waals surface area contributed by atoms with Gasteiger partial charge >= 0.3 is 0 Å². The monoisotopic (exact) mass is 275 g/mol. The molecule has 0 bridgehead atoms. The highest BCUT2D eigenvalue weighted by atomic mass is 79.9. The minimum Gasteiger partial charge on any atom is -0.378 e. The van der Waals surface area contributed by atoms with E-state index in [-0.39, 0.29) is 0 Å². The van der Waals surface area contributed by atoms with Crippen LogP contribution >= 0.6 is 15.9 Å². The molecule has 2 rings (SSSR count). The summed E-state index contributed by atoms with van der Waals surface area (Å²) in [5.74, 6) is 0. The number of hydrogen-bond donors (Lipinski definition) is 0. The van der Waals surface area contributed by atoms with Crippen LogP contribution in [0.15, 0.2) is 0 Å². The Kier molecular flexibility index (Phi) is 4.92. The topological polar surface area (TPSA) is 12.5 Å². The van der Waals surface area contributed by atoms with Gasteiger partial charge in [-0.05, 0) is 32.1 Å². The van der Waals surface area contributed by atoms with Crippen molar-refractivity contribution in [3.63, 3.8) is 0 Å². The Morgan fingerprint density at radius 2 is 2.00 bits per heavy atom. The molecule has 0 aromatic rings. The molecular weight excluding hydrogens is 254 g/mol. The third-order valence-corrected chi connectivity index (χ3v) is 4.08. The molecule has 1 heterocycles. The van der Waals surface area contributed by atoms with Crippen molar-refractivity contribution in [2.75, 3.05) is 25.0 Å². The van der Waals surface area contributed by atoms with E-state index in [1.54, 1.807) is 0 Å². The van der Waals surface area contributed by atoms with Crippen molar-refractivity contribution in [3.05, 3.63) is 0 Å². The smallest absolute Gasteiger partial charge is 0.0588 e. The lowest BCUT2D eigenvalue weighted by molar-refractivity contribution is 0.0730. The second-order valence-corrected chi connectivity index (χ2v) is 5.53. The van der Waals surface area contributed by atoms with Crippen molar-refractivity contribution in [2.45, 2.75) is 50.7 Å². The van der Waals surface area contributed by atoms with Gasteiger partial charge in [0, 0.05) is 31.1 Å².